The highest BCUT2D eigenvalue weighted by Gasteiger charge is 2.41. The molecule has 1 saturated heterocycles. The van der Waals surface area contributed by atoms with Gasteiger partial charge in [-0.3, -0.25) is 9.69 Å². The quantitative estimate of drug-likeness (QED) is 0.745. The van der Waals surface area contributed by atoms with E-state index < -0.39 is 0 Å². The van der Waals surface area contributed by atoms with E-state index in [4.69, 9.17) is 0 Å². The normalized spacial score (nSPS) is 20.9. The lowest BCUT2D eigenvalue weighted by molar-refractivity contribution is -0.123. The van der Waals surface area contributed by atoms with Gasteiger partial charge in [0.1, 0.15) is 0 Å². The number of hydrogen-bond acceptors (Lipinski definition) is 5. The summed E-state index contributed by atoms with van der Waals surface area (Å²) in [7, 11) is 0. The van der Waals surface area contributed by atoms with Crippen LogP contribution in [0.15, 0.2) is 24.3 Å². The van der Waals surface area contributed by atoms with Crippen molar-refractivity contribution in [1.82, 2.24) is 15.2 Å². The minimum Gasteiger partial charge on any atom is -0.394 e. The third-order valence-corrected chi connectivity index (χ3v) is 6.25. The molecule has 2 heterocycles. The molecule has 1 aromatic carbocycles. The van der Waals surface area contributed by atoms with Crippen molar-refractivity contribution in [3.05, 3.63) is 29.3 Å². The molecule has 2 aromatic rings. The maximum atomic E-state index is 12.4. The second kappa shape index (κ2) is 8.46. The second-order valence-electron chi connectivity index (χ2n) is 7.68. The Morgan fingerprint density at radius 2 is 2.23 bits per heavy atom. The van der Waals surface area contributed by atoms with Gasteiger partial charge in [0.2, 0.25) is 5.91 Å². The molecule has 3 rings (SSSR count). The molecule has 1 amide bonds. The van der Waals surface area contributed by atoms with Crippen molar-refractivity contribution in [3.63, 3.8) is 0 Å². The highest BCUT2D eigenvalue weighted by atomic mass is 32.1. The van der Waals surface area contributed by atoms with Crippen LogP contribution in [0.5, 0.6) is 0 Å². The number of rotatable bonds is 8. The van der Waals surface area contributed by atoms with E-state index in [2.05, 4.69) is 35.1 Å². The zero-order valence-electron chi connectivity index (χ0n) is 15.7. The summed E-state index contributed by atoms with van der Waals surface area (Å²) in [4.78, 5) is 19.2. The Hall–Kier alpha value is -1.50. The summed E-state index contributed by atoms with van der Waals surface area (Å²) in [5.74, 6) is 0.541. The van der Waals surface area contributed by atoms with Gasteiger partial charge in [0.15, 0.2) is 0 Å². The zero-order valence-corrected chi connectivity index (χ0v) is 16.5. The molecular weight excluding hydrogens is 346 g/mol. The number of aromatic nitrogens is 1. The standard InChI is InChI=1S/C20H29N3O2S/c1-15(2)12-20(14-24)9-5-11-23(20)13-18(25)21-10-8-19-22-16-6-3-4-7-17(16)26-19/h3-4,6-7,15,24H,5,8-14H2,1-2H3,(H,21,25)/t20-/m0/s1. The van der Waals surface area contributed by atoms with Crippen LogP contribution in [0.25, 0.3) is 10.2 Å². The van der Waals surface area contributed by atoms with Crippen molar-refractivity contribution < 1.29 is 9.90 Å². The lowest BCUT2D eigenvalue weighted by Gasteiger charge is -2.38. The van der Waals surface area contributed by atoms with E-state index in [1.807, 2.05) is 18.2 Å². The highest BCUT2D eigenvalue weighted by Crippen LogP contribution is 2.34. The van der Waals surface area contributed by atoms with Gasteiger partial charge in [-0.25, -0.2) is 4.98 Å². The first-order valence-corrected chi connectivity index (χ1v) is 10.3. The molecule has 0 unspecified atom stereocenters. The minimum atomic E-state index is -0.224. The summed E-state index contributed by atoms with van der Waals surface area (Å²) in [5.41, 5.74) is 0.802. The molecule has 1 aliphatic rings. The number of hydrogen-bond donors (Lipinski definition) is 2. The number of carbonyl (C=O) groups is 1. The fourth-order valence-corrected chi connectivity index (χ4v) is 5.01. The predicted octanol–water partition coefficient (Wildman–Crippen LogP) is 2.83. The summed E-state index contributed by atoms with van der Waals surface area (Å²) in [6.45, 7) is 6.33. The first-order chi connectivity index (χ1) is 12.5. The van der Waals surface area contributed by atoms with E-state index in [0.717, 1.165) is 42.8 Å². The van der Waals surface area contributed by atoms with Crippen LogP contribution in [-0.2, 0) is 11.2 Å². The third-order valence-electron chi connectivity index (χ3n) is 5.16. The number of aliphatic hydroxyl groups is 1. The number of nitrogens with one attached hydrogen (secondary N) is 1. The molecule has 26 heavy (non-hydrogen) atoms. The van der Waals surface area contributed by atoms with Gasteiger partial charge in [-0.15, -0.1) is 11.3 Å². The van der Waals surface area contributed by atoms with Crippen molar-refractivity contribution >= 4 is 27.5 Å². The van der Waals surface area contributed by atoms with Crippen molar-refractivity contribution in [3.8, 4) is 0 Å². The number of amides is 1. The number of aliphatic hydroxyl groups excluding tert-OH is 1. The van der Waals surface area contributed by atoms with Crippen LogP contribution in [0.4, 0.5) is 0 Å². The minimum absolute atomic E-state index is 0.0367. The first-order valence-electron chi connectivity index (χ1n) is 9.49. The SMILES string of the molecule is CC(C)C[C@]1(CO)CCCN1CC(=O)NCCc1nc2ccccc2s1. The van der Waals surface area contributed by atoms with Crippen LogP contribution in [0, 0.1) is 5.92 Å². The van der Waals surface area contributed by atoms with Gasteiger partial charge in [-0.1, -0.05) is 26.0 Å². The van der Waals surface area contributed by atoms with Crippen LogP contribution >= 0.6 is 11.3 Å². The van der Waals surface area contributed by atoms with Gasteiger partial charge >= 0.3 is 0 Å². The Labute approximate surface area is 159 Å². The number of carbonyl (C=O) groups excluding carboxylic acids is 1. The molecule has 1 aromatic heterocycles. The number of fused-ring (bicyclic) bond motifs is 1. The van der Waals surface area contributed by atoms with E-state index in [1.165, 1.54) is 4.70 Å². The fraction of sp³-hybridized carbons (Fsp3) is 0.600. The molecule has 1 atom stereocenters. The first kappa shape index (κ1) is 19.3. The molecule has 0 spiro atoms. The Bertz CT molecular complexity index is 712. The van der Waals surface area contributed by atoms with Gasteiger partial charge in [0.25, 0.3) is 0 Å². The van der Waals surface area contributed by atoms with Gasteiger partial charge in [-0.2, -0.15) is 0 Å². The largest absolute Gasteiger partial charge is 0.394 e. The molecule has 5 nitrogen and oxygen atoms in total. The second-order valence-corrected chi connectivity index (χ2v) is 8.80. The Balaban J connectivity index is 1.50. The third kappa shape index (κ3) is 4.42. The van der Waals surface area contributed by atoms with Crippen molar-refractivity contribution in [2.24, 2.45) is 5.92 Å². The lowest BCUT2D eigenvalue weighted by Crippen LogP contribution is -2.51. The molecule has 0 saturated carbocycles. The Morgan fingerprint density at radius 3 is 2.96 bits per heavy atom. The number of thiazole rings is 1. The molecule has 142 valence electrons. The van der Waals surface area contributed by atoms with Crippen molar-refractivity contribution in [2.45, 2.75) is 45.1 Å². The zero-order chi connectivity index (χ0) is 18.6. The maximum Gasteiger partial charge on any atom is 0.234 e. The molecule has 0 bridgehead atoms. The average molecular weight is 376 g/mol. The fourth-order valence-electron chi connectivity index (χ4n) is 4.04. The molecular formula is C20H29N3O2S. The van der Waals surface area contributed by atoms with Crippen molar-refractivity contribution in [2.75, 3.05) is 26.2 Å². The summed E-state index contributed by atoms with van der Waals surface area (Å²) < 4.78 is 1.19. The number of likely N-dealkylation sites (tertiary alicyclic amines) is 1. The molecule has 0 radical (unpaired) electrons. The smallest absolute Gasteiger partial charge is 0.234 e. The number of nitrogens with zero attached hydrogens (tertiary/aromatic N) is 2. The summed E-state index contributed by atoms with van der Waals surface area (Å²) >= 11 is 1.69. The highest BCUT2D eigenvalue weighted by molar-refractivity contribution is 7.18. The molecule has 1 aliphatic heterocycles. The van der Waals surface area contributed by atoms with E-state index in [1.54, 1.807) is 11.3 Å². The van der Waals surface area contributed by atoms with Crippen LogP contribution < -0.4 is 5.32 Å². The molecule has 0 aliphatic carbocycles. The van der Waals surface area contributed by atoms with Gasteiger partial charge < -0.3 is 10.4 Å². The number of benzene rings is 1. The summed E-state index contributed by atoms with van der Waals surface area (Å²) in [6.07, 6.45) is 3.71. The topological polar surface area (TPSA) is 65.5 Å². The average Bonchev–Trinajstić information content (AvgIpc) is 3.18. The monoisotopic (exact) mass is 375 g/mol. The lowest BCUT2D eigenvalue weighted by atomic mass is 9.87. The van der Waals surface area contributed by atoms with Crippen molar-refractivity contribution in [1.29, 1.82) is 0 Å². The van der Waals surface area contributed by atoms with E-state index in [-0.39, 0.29) is 18.1 Å². The Morgan fingerprint density at radius 1 is 1.42 bits per heavy atom. The summed E-state index contributed by atoms with van der Waals surface area (Å²) in [6, 6.07) is 8.11. The predicted molar refractivity (Wildman–Crippen MR) is 106 cm³/mol. The van der Waals surface area contributed by atoms with Gasteiger partial charge in [0.05, 0.1) is 28.4 Å². The van der Waals surface area contributed by atoms with Crippen LogP contribution in [0.1, 0.15) is 38.1 Å². The summed E-state index contributed by atoms with van der Waals surface area (Å²) in [5, 5.41) is 14.0. The van der Waals surface area contributed by atoms with E-state index in [9.17, 15) is 9.90 Å². The van der Waals surface area contributed by atoms with Gasteiger partial charge in [0, 0.05) is 18.5 Å². The van der Waals surface area contributed by atoms with E-state index in [0.29, 0.717) is 19.0 Å². The maximum absolute atomic E-state index is 12.4. The van der Waals surface area contributed by atoms with Crippen LogP contribution in [0.2, 0.25) is 0 Å². The molecule has 6 heteroatoms. The molecule has 1 fully saturated rings. The van der Waals surface area contributed by atoms with Gasteiger partial charge in [-0.05, 0) is 43.9 Å². The van der Waals surface area contributed by atoms with Crippen LogP contribution in [-0.4, -0.2) is 52.7 Å². The van der Waals surface area contributed by atoms with E-state index >= 15 is 0 Å². The van der Waals surface area contributed by atoms with Crippen LogP contribution in [0.3, 0.4) is 0 Å². The molecule has 2 N–H and O–H groups in total. The number of para-hydroxylation sites is 1. The Kier molecular flexibility index (Phi) is 6.27.